The van der Waals surface area contributed by atoms with Crippen LogP contribution in [0.15, 0.2) is 30.3 Å². The van der Waals surface area contributed by atoms with E-state index in [4.69, 9.17) is 18.1 Å². The Kier molecular flexibility index (Phi) is 2.06. The van der Waals surface area contributed by atoms with Crippen molar-refractivity contribution in [3.05, 3.63) is 30.3 Å². The second-order valence-corrected chi connectivity index (χ2v) is 6.65. The number of hydrogen-bond donors (Lipinski definition) is 0. The average molecular weight is 242 g/mol. The van der Waals surface area contributed by atoms with E-state index in [1.165, 1.54) is 0 Å². The molecule has 5 nitrogen and oxygen atoms in total. The summed E-state index contributed by atoms with van der Waals surface area (Å²) in [5.74, 6) is -0.441. The van der Waals surface area contributed by atoms with Gasteiger partial charge in [-0.1, -0.05) is 0 Å². The third-order valence-electron chi connectivity index (χ3n) is 2.55. The second-order valence-electron chi connectivity index (χ2n) is 3.55. The third kappa shape index (κ3) is 1.23. The van der Waals surface area contributed by atoms with E-state index in [1.54, 1.807) is 12.1 Å². The molecule has 2 aliphatic heterocycles. The summed E-state index contributed by atoms with van der Waals surface area (Å²) in [6.45, 7) is 0.632. The van der Waals surface area contributed by atoms with Crippen molar-refractivity contribution in [2.45, 2.75) is 0 Å². The molecule has 0 aliphatic carbocycles. The van der Waals surface area contributed by atoms with Gasteiger partial charge < -0.3 is 0 Å². The van der Waals surface area contributed by atoms with Crippen molar-refractivity contribution >= 4 is 18.8 Å². The van der Waals surface area contributed by atoms with E-state index in [0.717, 1.165) is 0 Å². The number of benzene rings is 1. The molecule has 6 heteroatoms. The van der Waals surface area contributed by atoms with Crippen LogP contribution in [0, 0.1) is 0 Å². The van der Waals surface area contributed by atoms with Crippen LogP contribution in [0.2, 0.25) is 0 Å². The number of carbonyl (C=O) groups is 1. The van der Waals surface area contributed by atoms with E-state index in [2.05, 4.69) is 0 Å². The molecule has 0 N–H and O–H groups in total. The van der Waals surface area contributed by atoms with Gasteiger partial charge >= 0.3 is 91.8 Å². The van der Waals surface area contributed by atoms with Crippen molar-refractivity contribution in [2.24, 2.45) is 0 Å². The quantitative estimate of drug-likeness (QED) is 0.691. The SMILES string of the molecule is O=C1COP2(c3ccccc3)(OCCO2)O1. The summed E-state index contributed by atoms with van der Waals surface area (Å²) in [6, 6.07) is 9.12. The molecule has 16 heavy (non-hydrogen) atoms. The molecule has 2 fully saturated rings. The number of carbonyl (C=O) groups excluding carboxylic acids is 1. The van der Waals surface area contributed by atoms with Crippen LogP contribution in [-0.4, -0.2) is 25.8 Å². The Morgan fingerprint density at radius 2 is 1.69 bits per heavy atom. The van der Waals surface area contributed by atoms with Crippen molar-refractivity contribution in [2.75, 3.05) is 19.8 Å². The van der Waals surface area contributed by atoms with Crippen LogP contribution in [0.5, 0.6) is 0 Å². The molecule has 1 spiro atoms. The Balaban J connectivity index is 2.14. The minimum atomic E-state index is -3.79. The zero-order chi connectivity index (χ0) is 11.1. The summed E-state index contributed by atoms with van der Waals surface area (Å²) in [5, 5.41) is 0.664. The van der Waals surface area contributed by atoms with Gasteiger partial charge in [-0.25, -0.2) is 0 Å². The van der Waals surface area contributed by atoms with Gasteiger partial charge in [0.2, 0.25) is 0 Å². The average Bonchev–Trinajstić information content (AvgIpc) is 2.89. The molecular weight excluding hydrogens is 231 g/mol. The molecule has 3 rings (SSSR count). The van der Waals surface area contributed by atoms with Gasteiger partial charge in [-0.05, 0) is 0 Å². The maximum absolute atomic E-state index is 11.3. The van der Waals surface area contributed by atoms with Gasteiger partial charge in [0.15, 0.2) is 0 Å². The van der Waals surface area contributed by atoms with Crippen LogP contribution in [0.1, 0.15) is 0 Å². The zero-order valence-electron chi connectivity index (χ0n) is 8.50. The van der Waals surface area contributed by atoms with Crippen molar-refractivity contribution in [1.29, 1.82) is 0 Å². The summed E-state index contributed by atoms with van der Waals surface area (Å²) < 4.78 is 22.0. The molecule has 1 aromatic rings. The summed E-state index contributed by atoms with van der Waals surface area (Å²) in [4.78, 5) is 11.3. The molecule has 0 bridgehead atoms. The van der Waals surface area contributed by atoms with Crippen molar-refractivity contribution in [3.63, 3.8) is 0 Å². The minimum absolute atomic E-state index is 0.118. The first-order chi connectivity index (χ1) is 7.73. The van der Waals surface area contributed by atoms with Gasteiger partial charge in [0, 0.05) is 0 Å². The fourth-order valence-electron chi connectivity index (χ4n) is 1.89. The van der Waals surface area contributed by atoms with Crippen LogP contribution >= 0.6 is 7.51 Å². The van der Waals surface area contributed by atoms with E-state index >= 15 is 0 Å². The van der Waals surface area contributed by atoms with Crippen LogP contribution in [-0.2, 0) is 22.9 Å². The van der Waals surface area contributed by atoms with E-state index in [9.17, 15) is 4.79 Å². The van der Waals surface area contributed by atoms with Crippen LogP contribution in [0.4, 0.5) is 0 Å². The van der Waals surface area contributed by atoms with Crippen LogP contribution < -0.4 is 5.30 Å². The van der Waals surface area contributed by atoms with Crippen molar-refractivity contribution in [1.82, 2.24) is 0 Å². The molecule has 0 atom stereocenters. The molecule has 0 aromatic heterocycles. The number of hydrogen-bond acceptors (Lipinski definition) is 5. The maximum atomic E-state index is 11.3. The van der Waals surface area contributed by atoms with Crippen molar-refractivity contribution in [3.8, 4) is 0 Å². The third-order valence-corrected chi connectivity index (χ3v) is 6.04. The molecule has 0 radical (unpaired) electrons. The van der Waals surface area contributed by atoms with Gasteiger partial charge in [-0.15, -0.1) is 0 Å². The monoisotopic (exact) mass is 242 g/mol. The molecule has 2 heterocycles. The van der Waals surface area contributed by atoms with E-state index in [0.29, 0.717) is 18.5 Å². The first kappa shape index (κ1) is 10.2. The molecule has 2 aliphatic rings. The fourth-order valence-corrected chi connectivity index (χ4v) is 5.00. The van der Waals surface area contributed by atoms with E-state index in [1.807, 2.05) is 18.2 Å². The Bertz CT molecular complexity index is 426. The predicted molar refractivity (Wildman–Crippen MR) is 56.9 cm³/mol. The Morgan fingerprint density at radius 3 is 2.25 bits per heavy atom. The fraction of sp³-hybridized carbons (Fsp3) is 0.300. The molecule has 0 unspecified atom stereocenters. The first-order valence-electron chi connectivity index (χ1n) is 4.99. The summed E-state index contributed by atoms with van der Waals surface area (Å²) in [6.07, 6.45) is 0. The molecule has 0 saturated carbocycles. The number of rotatable bonds is 1. The van der Waals surface area contributed by atoms with Gasteiger partial charge in [0.1, 0.15) is 0 Å². The second kappa shape index (κ2) is 3.25. The Hall–Kier alpha value is -1.00. The van der Waals surface area contributed by atoms with Crippen LogP contribution in [0.3, 0.4) is 0 Å². The summed E-state index contributed by atoms with van der Waals surface area (Å²) in [7, 11) is -3.79. The standard InChI is InChI=1S/C10H11O5P/c11-10-8-14-16(15-10,12-6-7-13-16)9-4-2-1-3-5-9/h1-5H,6-8H2. The van der Waals surface area contributed by atoms with Gasteiger partial charge in [-0.3, -0.25) is 0 Å². The van der Waals surface area contributed by atoms with Gasteiger partial charge in [0.25, 0.3) is 0 Å². The van der Waals surface area contributed by atoms with E-state index in [-0.39, 0.29) is 6.61 Å². The molecule has 1 aromatic carbocycles. The van der Waals surface area contributed by atoms with Crippen LogP contribution in [0.25, 0.3) is 0 Å². The molecule has 2 saturated heterocycles. The van der Waals surface area contributed by atoms with E-state index < -0.39 is 13.5 Å². The van der Waals surface area contributed by atoms with Crippen molar-refractivity contribution < 1.29 is 22.9 Å². The summed E-state index contributed by atoms with van der Waals surface area (Å²) >= 11 is 0. The first-order valence-corrected chi connectivity index (χ1v) is 6.90. The Morgan fingerprint density at radius 1 is 1.00 bits per heavy atom. The van der Waals surface area contributed by atoms with Gasteiger partial charge in [0.05, 0.1) is 0 Å². The zero-order valence-corrected chi connectivity index (χ0v) is 9.39. The normalized spacial score (nSPS) is 28.5. The van der Waals surface area contributed by atoms with Gasteiger partial charge in [-0.2, -0.15) is 0 Å². The molecule has 86 valence electrons. The molecular formula is C10H11O5P. The molecule has 0 amide bonds. The topological polar surface area (TPSA) is 54.0 Å². The Labute approximate surface area is 92.5 Å². The summed E-state index contributed by atoms with van der Waals surface area (Å²) in [5.41, 5.74) is 0. The predicted octanol–water partition coefficient (Wildman–Crippen LogP) is 1.15.